The third-order valence-corrected chi connectivity index (χ3v) is 2.52. The first-order chi connectivity index (χ1) is 3.60. The van der Waals surface area contributed by atoms with Crippen molar-refractivity contribution >= 4 is 9.84 Å². The average Bonchev–Trinajstić information content (AvgIpc) is 1.82. The number of hydrogen-bond donors (Lipinski definition) is 0. The van der Waals surface area contributed by atoms with Gasteiger partial charge < -0.3 is 0 Å². The van der Waals surface area contributed by atoms with E-state index in [4.69, 9.17) is 0 Å². The highest BCUT2D eigenvalue weighted by Gasteiger charge is 2.15. The summed E-state index contributed by atoms with van der Waals surface area (Å²) < 4.78 is 21.1. The third kappa shape index (κ3) is 1.10. The van der Waals surface area contributed by atoms with Crippen LogP contribution in [-0.2, 0) is 9.84 Å². The first kappa shape index (κ1) is 5.82. The Morgan fingerprint density at radius 3 is 2.38 bits per heavy atom. The molecule has 2 nitrogen and oxygen atoms in total. The first-order valence-corrected chi connectivity index (χ1v) is 4.14. The van der Waals surface area contributed by atoms with Gasteiger partial charge in [0.05, 0.1) is 11.5 Å². The minimum atomic E-state index is -2.75. The van der Waals surface area contributed by atoms with Crippen LogP contribution in [0.5, 0.6) is 0 Å². The molecule has 0 unspecified atom stereocenters. The Bertz CT molecular complexity index is 211. The van der Waals surface area contributed by atoms with Gasteiger partial charge in [0.15, 0.2) is 9.84 Å². The zero-order valence-corrected chi connectivity index (χ0v) is 5.24. The molecular weight excluding hydrogens is 124 g/mol. The monoisotopic (exact) mass is 131 g/mol. The molecule has 0 aromatic heterocycles. The maximum atomic E-state index is 10.5. The van der Waals surface area contributed by atoms with Crippen molar-refractivity contribution < 1.29 is 8.42 Å². The lowest BCUT2D eigenvalue weighted by molar-refractivity contribution is 0.603. The second-order valence-electron chi connectivity index (χ2n) is 1.92. The molecule has 3 heteroatoms. The highest BCUT2D eigenvalue weighted by Crippen LogP contribution is 2.08. The van der Waals surface area contributed by atoms with Crippen molar-refractivity contribution in [2.45, 2.75) is 0 Å². The van der Waals surface area contributed by atoms with E-state index in [2.05, 4.69) is 6.92 Å². The van der Waals surface area contributed by atoms with Crippen molar-refractivity contribution in [2.24, 2.45) is 0 Å². The first-order valence-electron chi connectivity index (χ1n) is 2.31. The maximum Gasteiger partial charge on any atom is 0.157 e. The van der Waals surface area contributed by atoms with Gasteiger partial charge in [0.25, 0.3) is 0 Å². The van der Waals surface area contributed by atoms with Crippen LogP contribution in [0.4, 0.5) is 0 Å². The van der Waals surface area contributed by atoms with Gasteiger partial charge in [-0.3, -0.25) is 0 Å². The van der Waals surface area contributed by atoms with E-state index >= 15 is 0 Å². The molecule has 1 heterocycles. The fourth-order valence-electron chi connectivity index (χ4n) is 0.645. The molecule has 0 aromatic rings. The normalized spacial score (nSPS) is 25.4. The van der Waals surface area contributed by atoms with Gasteiger partial charge >= 0.3 is 0 Å². The van der Waals surface area contributed by atoms with E-state index in [-0.39, 0.29) is 11.5 Å². The molecule has 8 heavy (non-hydrogen) atoms. The summed E-state index contributed by atoms with van der Waals surface area (Å²) in [5, 5.41) is 0. The molecule has 0 saturated heterocycles. The largest absolute Gasteiger partial charge is 0.228 e. The Kier molecular flexibility index (Phi) is 1.15. The van der Waals surface area contributed by atoms with Gasteiger partial charge in [-0.2, -0.15) is 0 Å². The van der Waals surface area contributed by atoms with Crippen LogP contribution in [0.2, 0.25) is 0 Å². The number of hydrogen-bond acceptors (Lipinski definition) is 2. The topological polar surface area (TPSA) is 34.1 Å². The van der Waals surface area contributed by atoms with E-state index in [1.54, 1.807) is 6.08 Å². The highest BCUT2D eigenvalue weighted by atomic mass is 32.2. The van der Waals surface area contributed by atoms with Gasteiger partial charge in [0.2, 0.25) is 0 Å². The van der Waals surface area contributed by atoms with Gasteiger partial charge in [0.1, 0.15) is 0 Å². The summed E-state index contributed by atoms with van der Waals surface area (Å²) >= 11 is 0. The van der Waals surface area contributed by atoms with Crippen molar-refractivity contribution in [3.63, 3.8) is 0 Å². The number of sulfone groups is 1. The molecule has 0 atom stereocenters. The zero-order valence-electron chi connectivity index (χ0n) is 4.42. The highest BCUT2D eigenvalue weighted by molar-refractivity contribution is 7.92. The third-order valence-electron chi connectivity index (χ3n) is 1.03. The van der Waals surface area contributed by atoms with E-state index in [0.717, 1.165) is 5.57 Å². The fourth-order valence-corrected chi connectivity index (χ4v) is 1.94. The molecule has 0 saturated carbocycles. The Morgan fingerprint density at radius 2 is 2.25 bits per heavy atom. The molecule has 1 rings (SSSR count). The molecule has 1 aliphatic rings. The molecule has 0 fully saturated rings. The van der Waals surface area contributed by atoms with Gasteiger partial charge in [-0.15, -0.1) is 0 Å². The SMILES string of the molecule is [CH2]C1=CCS(=O)(=O)C1. The molecule has 0 bridgehead atoms. The summed E-state index contributed by atoms with van der Waals surface area (Å²) in [4.78, 5) is 0. The van der Waals surface area contributed by atoms with Crippen LogP contribution < -0.4 is 0 Å². The molecule has 0 aliphatic carbocycles. The Balaban J connectivity index is 2.85. The van der Waals surface area contributed by atoms with Crippen molar-refractivity contribution in [1.29, 1.82) is 0 Å². The van der Waals surface area contributed by atoms with Gasteiger partial charge in [0, 0.05) is 0 Å². The number of rotatable bonds is 0. The molecular formula is C5H7O2S. The quantitative estimate of drug-likeness (QED) is 0.470. The lowest BCUT2D eigenvalue weighted by Crippen LogP contribution is -2.01. The minimum Gasteiger partial charge on any atom is -0.228 e. The van der Waals surface area contributed by atoms with Crippen LogP contribution in [0, 0.1) is 6.92 Å². The van der Waals surface area contributed by atoms with Crippen molar-refractivity contribution in [3.8, 4) is 0 Å². The summed E-state index contributed by atoms with van der Waals surface area (Å²) in [5.74, 6) is 0.346. The average molecular weight is 131 g/mol. The fraction of sp³-hybridized carbons (Fsp3) is 0.400. The smallest absolute Gasteiger partial charge is 0.157 e. The standard InChI is InChI=1S/C5H7O2S/c1-5-2-3-8(6,7)4-5/h2H,1,3-4H2. The van der Waals surface area contributed by atoms with Gasteiger partial charge in [-0.1, -0.05) is 11.6 Å². The molecule has 45 valence electrons. The Labute approximate surface area is 49.1 Å². The Hall–Kier alpha value is -0.310. The van der Waals surface area contributed by atoms with E-state index in [0.29, 0.717) is 0 Å². The van der Waals surface area contributed by atoms with E-state index < -0.39 is 9.84 Å². The van der Waals surface area contributed by atoms with Crippen molar-refractivity contribution in [3.05, 3.63) is 18.6 Å². The molecule has 0 spiro atoms. The molecule has 0 N–H and O–H groups in total. The second-order valence-corrected chi connectivity index (χ2v) is 4.03. The van der Waals surface area contributed by atoms with E-state index in [9.17, 15) is 8.42 Å². The summed E-state index contributed by atoms with van der Waals surface area (Å²) in [7, 11) is -2.75. The second kappa shape index (κ2) is 1.58. The lowest BCUT2D eigenvalue weighted by Gasteiger charge is -1.86. The summed E-state index contributed by atoms with van der Waals surface area (Å²) in [5.41, 5.74) is 0.727. The summed E-state index contributed by atoms with van der Waals surface area (Å²) in [6, 6.07) is 0. The summed E-state index contributed by atoms with van der Waals surface area (Å²) in [6.07, 6.45) is 1.65. The minimum absolute atomic E-state index is 0.160. The lowest BCUT2D eigenvalue weighted by atomic mass is 10.3. The molecule has 1 aliphatic heterocycles. The maximum absolute atomic E-state index is 10.5. The van der Waals surface area contributed by atoms with Crippen LogP contribution in [0.3, 0.4) is 0 Å². The molecule has 0 aromatic carbocycles. The summed E-state index contributed by atoms with van der Waals surface area (Å²) in [6.45, 7) is 3.52. The predicted molar refractivity (Wildman–Crippen MR) is 32.1 cm³/mol. The van der Waals surface area contributed by atoms with Gasteiger partial charge in [-0.05, 0) is 6.92 Å². The van der Waals surface area contributed by atoms with Crippen LogP contribution in [-0.4, -0.2) is 19.9 Å². The van der Waals surface area contributed by atoms with Crippen LogP contribution in [0.25, 0.3) is 0 Å². The van der Waals surface area contributed by atoms with Crippen molar-refractivity contribution in [1.82, 2.24) is 0 Å². The Morgan fingerprint density at radius 1 is 1.62 bits per heavy atom. The van der Waals surface area contributed by atoms with Crippen LogP contribution in [0.1, 0.15) is 0 Å². The van der Waals surface area contributed by atoms with Gasteiger partial charge in [-0.25, -0.2) is 8.42 Å². The van der Waals surface area contributed by atoms with E-state index in [1.807, 2.05) is 0 Å². The molecule has 0 amide bonds. The van der Waals surface area contributed by atoms with Crippen molar-refractivity contribution in [2.75, 3.05) is 11.5 Å². The van der Waals surface area contributed by atoms with Crippen LogP contribution >= 0.6 is 0 Å². The van der Waals surface area contributed by atoms with Crippen LogP contribution in [0.15, 0.2) is 11.6 Å². The molecule has 1 radical (unpaired) electrons. The van der Waals surface area contributed by atoms with E-state index in [1.165, 1.54) is 0 Å². The predicted octanol–water partition coefficient (Wildman–Crippen LogP) is 0.175. The zero-order chi connectivity index (χ0) is 6.20.